The van der Waals surface area contributed by atoms with Crippen molar-refractivity contribution in [3.8, 4) is 11.3 Å². The summed E-state index contributed by atoms with van der Waals surface area (Å²) in [6, 6.07) is 3.49. The van der Waals surface area contributed by atoms with Crippen molar-refractivity contribution in [1.29, 1.82) is 0 Å². The Morgan fingerprint density at radius 1 is 1.26 bits per heavy atom. The lowest BCUT2D eigenvalue weighted by Gasteiger charge is -2.32. The van der Waals surface area contributed by atoms with Crippen molar-refractivity contribution < 1.29 is 26.9 Å². The molecule has 1 aliphatic rings. The Morgan fingerprint density at radius 3 is 2.84 bits per heavy atom. The quantitative estimate of drug-likeness (QED) is 0.322. The van der Waals surface area contributed by atoms with Gasteiger partial charge in [-0.1, -0.05) is 5.21 Å². The second kappa shape index (κ2) is 9.28. The highest BCUT2D eigenvalue weighted by Gasteiger charge is 2.36. The van der Waals surface area contributed by atoms with E-state index in [0.717, 1.165) is 7.11 Å². The lowest BCUT2D eigenvalue weighted by molar-refractivity contribution is 0.0538. The third-order valence-electron chi connectivity index (χ3n) is 6.99. The molecule has 1 fully saturated rings. The smallest absolute Gasteiger partial charge is 0.358 e. The first kappa shape index (κ1) is 18.1. The van der Waals surface area contributed by atoms with Crippen molar-refractivity contribution >= 4 is 28.0 Å². The van der Waals surface area contributed by atoms with E-state index >= 15 is 4.39 Å². The first-order valence-corrected chi connectivity index (χ1v) is 11.9. The molecule has 1 unspecified atom stereocenters. The highest BCUT2D eigenvalue weighted by atomic mass is 19.1. The third kappa shape index (κ3) is 3.66. The van der Waals surface area contributed by atoms with Crippen molar-refractivity contribution in [3.05, 3.63) is 53.5 Å². The Labute approximate surface area is 225 Å². The number of ether oxygens (including phenoxy) is 2. The average molecular weight is 525 g/mol. The van der Waals surface area contributed by atoms with Gasteiger partial charge in [0.1, 0.15) is 22.4 Å². The number of carbonyl (C=O) groups is 1. The molecule has 0 N–H and O–H groups in total. The van der Waals surface area contributed by atoms with Gasteiger partial charge in [-0.05, 0) is 43.8 Å². The third-order valence-corrected chi connectivity index (χ3v) is 6.99. The molecule has 0 bridgehead atoms. The fourth-order valence-electron chi connectivity index (χ4n) is 5.32. The molecule has 1 atom stereocenters. The number of pyridine rings is 2. The zero-order chi connectivity index (χ0) is 31.6. The van der Waals surface area contributed by atoms with Crippen LogP contribution in [0.2, 0.25) is 0 Å². The zero-order valence-corrected chi connectivity index (χ0v) is 20.6. The summed E-state index contributed by atoms with van der Waals surface area (Å²) >= 11 is 0. The summed E-state index contributed by atoms with van der Waals surface area (Å²) in [5, 5.41) is 12.1. The topological polar surface area (TPSA) is 115 Å². The van der Waals surface area contributed by atoms with Gasteiger partial charge in [0.05, 0.1) is 35.8 Å². The summed E-state index contributed by atoms with van der Waals surface area (Å²) in [6.45, 7) is -4.69. The first-order chi connectivity index (χ1) is 20.8. The minimum Gasteiger partial charge on any atom is -0.464 e. The molecule has 0 amide bonds. The van der Waals surface area contributed by atoms with Crippen LogP contribution in [0.5, 0.6) is 0 Å². The SMILES string of the molecule is [2H]C([2H])([2H])c1nnn(C)c1-c1cnc2c3nn(C([2H])([2H])[2H])c(C(=O)OC)c3n(C(c3ncccc3F)C3CCOCC3)c2c1. The number of esters is 1. The molecule has 1 aliphatic heterocycles. The van der Waals surface area contributed by atoms with Crippen molar-refractivity contribution in [2.75, 3.05) is 20.3 Å². The van der Waals surface area contributed by atoms with Crippen LogP contribution in [0, 0.1) is 18.6 Å². The van der Waals surface area contributed by atoms with Gasteiger partial charge in [0.25, 0.3) is 0 Å². The van der Waals surface area contributed by atoms with Crippen LogP contribution in [-0.4, -0.2) is 65.6 Å². The molecule has 5 aromatic rings. The molecule has 38 heavy (non-hydrogen) atoms. The van der Waals surface area contributed by atoms with Crippen LogP contribution in [0.15, 0.2) is 30.6 Å². The van der Waals surface area contributed by atoms with Crippen LogP contribution in [-0.2, 0) is 23.5 Å². The van der Waals surface area contributed by atoms with E-state index in [-0.39, 0.29) is 45.2 Å². The highest BCUT2D eigenvalue weighted by molar-refractivity contribution is 6.11. The van der Waals surface area contributed by atoms with Crippen LogP contribution in [0.4, 0.5) is 4.39 Å². The van der Waals surface area contributed by atoms with E-state index in [1.165, 1.54) is 29.2 Å². The Morgan fingerprint density at radius 2 is 2.11 bits per heavy atom. The van der Waals surface area contributed by atoms with Crippen LogP contribution < -0.4 is 0 Å². The second-order valence-corrected chi connectivity index (χ2v) is 9.09. The molecule has 12 heteroatoms. The van der Waals surface area contributed by atoms with E-state index < -0.39 is 31.7 Å². The fourth-order valence-corrected chi connectivity index (χ4v) is 5.32. The van der Waals surface area contributed by atoms with Gasteiger partial charge in [-0.15, -0.1) is 5.10 Å². The molecule has 6 heterocycles. The largest absolute Gasteiger partial charge is 0.464 e. The Kier molecular flexibility index (Phi) is 4.43. The molecule has 0 spiro atoms. The summed E-state index contributed by atoms with van der Waals surface area (Å²) in [6.07, 6.45) is 3.86. The molecule has 6 rings (SSSR count). The summed E-state index contributed by atoms with van der Waals surface area (Å²) in [7, 11) is 2.66. The number of carbonyl (C=O) groups excluding carboxylic acids is 1. The van der Waals surface area contributed by atoms with Crippen molar-refractivity contribution in [1.82, 2.24) is 39.3 Å². The summed E-state index contributed by atoms with van der Waals surface area (Å²) < 4.78 is 78.0. The maximum absolute atomic E-state index is 15.6. The predicted molar refractivity (Wildman–Crippen MR) is 136 cm³/mol. The molecule has 196 valence electrons. The van der Waals surface area contributed by atoms with E-state index in [9.17, 15) is 4.79 Å². The maximum Gasteiger partial charge on any atom is 0.358 e. The van der Waals surface area contributed by atoms with Gasteiger partial charge in [-0.25, -0.2) is 13.9 Å². The maximum atomic E-state index is 15.6. The minimum atomic E-state index is -2.88. The predicted octanol–water partition coefficient (Wildman–Crippen LogP) is 3.36. The summed E-state index contributed by atoms with van der Waals surface area (Å²) in [5.41, 5.74) is 0.614. The van der Waals surface area contributed by atoms with Crippen LogP contribution >= 0.6 is 0 Å². The number of nitrogens with zero attached hydrogens (tertiary/aromatic N) is 8. The molecule has 0 aliphatic carbocycles. The van der Waals surface area contributed by atoms with Gasteiger partial charge in [-0.3, -0.25) is 14.6 Å². The summed E-state index contributed by atoms with van der Waals surface area (Å²) in [5.74, 6) is -1.85. The molecule has 0 aromatic carbocycles. The van der Waals surface area contributed by atoms with Crippen molar-refractivity contribution in [2.45, 2.75) is 25.7 Å². The number of aromatic nitrogens is 8. The van der Waals surface area contributed by atoms with Crippen molar-refractivity contribution in [3.63, 3.8) is 0 Å². The molecule has 1 saturated heterocycles. The van der Waals surface area contributed by atoms with E-state index in [2.05, 4.69) is 25.4 Å². The van der Waals surface area contributed by atoms with Gasteiger partial charge in [0, 0.05) is 53.4 Å². The second-order valence-electron chi connectivity index (χ2n) is 9.09. The molecule has 5 aromatic heterocycles. The molecule has 0 radical (unpaired) electrons. The number of halogens is 1. The van der Waals surface area contributed by atoms with Crippen LogP contribution in [0.3, 0.4) is 0 Å². The first-order valence-electron chi connectivity index (χ1n) is 14.9. The molecular weight excluding hydrogens is 491 g/mol. The lowest BCUT2D eigenvalue weighted by Crippen LogP contribution is -2.28. The number of methoxy groups -OCH3 is 1. The Bertz CT molecular complexity index is 1890. The molecule has 0 saturated carbocycles. The van der Waals surface area contributed by atoms with E-state index in [4.69, 9.17) is 17.7 Å². The van der Waals surface area contributed by atoms with Gasteiger partial charge in [-0.2, -0.15) is 5.10 Å². The van der Waals surface area contributed by atoms with Crippen LogP contribution in [0.25, 0.3) is 33.3 Å². The Hall–Kier alpha value is -4.19. The number of aryl methyl sites for hydroxylation is 3. The standard InChI is InChI=1S/C26H27FN8O3/c1-14-22(34(3)32-30-14)16-12-18-20(29-13-16)21-24(25(26(36)37-4)33(2)31-21)35(18)23(15-7-10-38-11-8-15)19-17(27)6-5-9-28-19/h5-6,9,12-13,15,23H,7-8,10-11H2,1-4H3/i1D3,2D3. The van der Waals surface area contributed by atoms with Crippen LogP contribution in [0.1, 0.15) is 49.0 Å². The van der Waals surface area contributed by atoms with Crippen molar-refractivity contribution in [2.24, 2.45) is 19.9 Å². The fraction of sp³-hybridized carbons (Fsp3) is 0.385. The number of fused-ring (bicyclic) bond motifs is 3. The average Bonchev–Trinajstić information content (AvgIpc) is 3.65. The lowest BCUT2D eigenvalue weighted by atomic mass is 9.88. The van der Waals surface area contributed by atoms with Gasteiger partial charge >= 0.3 is 5.97 Å². The van der Waals surface area contributed by atoms with Gasteiger partial charge < -0.3 is 14.0 Å². The Balaban J connectivity index is 1.77. The summed E-state index contributed by atoms with van der Waals surface area (Å²) in [4.78, 5) is 22.3. The number of rotatable bonds is 5. The van der Waals surface area contributed by atoms with Gasteiger partial charge in [0.2, 0.25) is 0 Å². The number of hydrogen-bond donors (Lipinski definition) is 0. The van der Waals surface area contributed by atoms with E-state index in [1.807, 2.05) is 0 Å². The molecular formula is C26H27FN8O3. The zero-order valence-electron chi connectivity index (χ0n) is 26.6. The van der Waals surface area contributed by atoms with E-state index in [0.29, 0.717) is 41.8 Å². The molecule has 11 nitrogen and oxygen atoms in total. The monoisotopic (exact) mass is 524 g/mol. The highest BCUT2D eigenvalue weighted by Crippen LogP contribution is 2.42. The minimum absolute atomic E-state index is 0.0615. The normalized spacial score (nSPS) is 18.4. The number of hydrogen-bond acceptors (Lipinski definition) is 8. The van der Waals surface area contributed by atoms with E-state index in [1.54, 1.807) is 17.7 Å². The van der Waals surface area contributed by atoms with Gasteiger partial charge in [0.15, 0.2) is 5.69 Å².